The summed E-state index contributed by atoms with van der Waals surface area (Å²) in [5.74, 6) is -0.292. The van der Waals surface area contributed by atoms with E-state index in [1.165, 1.54) is 0 Å². The van der Waals surface area contributed by atoms with Gasteiger partial charge in [0.05, 0.1) is 5.41 Å². The zero-order valence-electron chi connectivity index (χ0n) is 7.93. The number of carbonyl (C=O) groups excluding carboxylic acids is 2. The maximum absolute atomic E-state index is 11.4. The molecule has 1 aliphatic heterocycles. The minimum atomic E-state index is -0.706. The van der Waals surface area contributed by atoms with E-state index < -0.39 is 10.8 Å². The van der Waals surface area contributed by atoms with Gasteiger partial charge < -0.3 is 4.74 Å². The average molecular weight is 170 g/mol. The number of hydrogen-bond acceptors (Lipinski definition) is 3. The molecule has 0 N–H and O–H groups in total. The number of ketones is 1. The highest BCUT2D eigenvalue weighted by Crippen LogP contribution is 2.42. The van der Waals surface area contributed by atoms with Crippen LogP contribution in [0.2, 0.25) is 0 Å². The van der Waals surface area contributed by atoms with Crippen LogP contribution in [0.15, 0.2) is 0 Å². The Morgan fingerprint density at radius 3 is 2.00 bits per heavy atom. The smallest absolute Gasteiger partial charge is 0.312 e. The van der Waals surface area contributed by atoms with Crippen LogP contribution >= 0.6 is 0 Å². The Bertz CT molecular complexity index is 212. The third-order valence-electron chi connectivity index (χ3n) is 3.10. The Labute approximate surface area is 72.1 Å². The molecular formula is C9H14O3. The van der Waals surface area contributed by atoms with Gasteiger partial charge in [0.2, 0.25) is 0 Å². The van der Waals surface area contributed by atoms with Crippen LogP contribution in [-0.4, -0.2) is 18.4 Å². The lowest BCUT2D eigenvalue weighted by atomic mass is 9.64. The second-order valence-electron chi connectivity index (χ2n) is 4.25. The summed E-state index contributed by atoms with van der Waals surface area (Å²) in [6, 6.07) is 0. The van der Waals surface area contributed by atoms with E-state index in [1.807, 2.05) is 0 Å². The quantitative estimate of drug-likeness (QED) is 0.512. The molecule has 0 unspecified atom stereocenters. The van der Waals surface area contributed by atoms with Crippen LogP contribution in [0.25, 0.3) is 0 Å². The second kappa shape index (κ2) is 2.31. The molecule has 1 fully saturated rings. The largest absolute Gasteiger partial charge is 0.457 e. The van der Waals surface area contributed by atoms with Gasteiger partial charge in [0.25, 0.3) is 0 Å². The third-order valence-corrected chi connectivity index (χ3v) is 3.10. The molecule has 0 atom stereocenters. The van der Waals surface area contributed by atoms with E-state index in [4.69, 9.17) is 4.74 Å². The van der Waals surface area contributed by atoms with Crippen LogP contribution in [-0.2, 0) is 14.3 Å². The van der Waals surface area contributed by atoms with Gasteiger partial charge in [-0.05, 0) is 13.8 Å². The third kappa shape index (κ3) is 0.958. The fraction of sp³-hybridized carbons (Fsp3) is 0.778. The highest BCUT2D eigenvalue weighted by molar-refractivity contribution is 5.96. The highest BCUT2D eigenvalue weighted by Gasteiger charge is 2.52. The number of rotatable bonds is 0. The lowest BCUT2D eigenvalue weighted by Gasteiger charge is -2.41. The van der Waals surface area contributed by atoms with Crippen molar-refractivity contribution in [2.24, 2.45) is 10.8 Å². The standard InChI is InChI=1S/C9H14O3/c1-8(2)6(10)5-12-7(11)9(8,3)4/h5H2,1-4H3. The van der Waals surface area contributed by atoms with Gasteiger partial charge in [0.1, 0.15) is 0 Å². The predicted octanol–water partition coefficient (Wildman–Crippen LogP) is 1.16. The number of ether oxygens (including phenoxy) is 1. The fourth-order valence-electron chi connectivity index (χ4n) is 1.10. The summed E-state index contributed by atoms with van der Waals surface area (Å²) in [6.45, 7) is 6.99. The van der Waals surface area contributed by atoms with Crippen molar-refractivity contribution < 1.29 is 14.3 Å². The van der Waals surface area contributed by atoms with Crippen LogP contribution in [0.3, 0.4) is 0 Å². The topological polar surface area (TPSA) is 43.4 Å². The first-order valence-electron chi connectivity index (χ1n) is 4.00. The van der Waals surface area contributed by atoms with Crippen molar-refractivity contribution in [1.82, 2.24) is 0 Å². The van der Waals surface area contributed by atoms with Gasteiger partial charge in [-0.1, -0.05) is 13.8 Å². The minimum Gasteiger partial charge on any atom is -0.457 e. The van der Waals surface area contributed by atoms with Gasteiger partial charge in [-0.15, -0.1) is 0 Å². The zero-order valence-corrected chi connectivity index (χ0v) is 7.93. The molecule has 1 saturated heterocycles. The maximum atomic E-state index is 11.4. The van der Waals surface area contributed by atoms with E-state index in [0.717, 1.165) is 0 Å². The lowest BCUT2D eigenvalue weighted by Crippen LogP contribution is -2.52. The summed E-state index contributed by atoms with van der Waals surface area (Å²) in [7, 11) is 0. The van der Waals surface area contributed by atoms with Crippen molar-refractivity contribution >= 4 is 11.8 Å². The van der Waals surface area contributed by atoms with Crippen LogP contribution in [0.4, 0.5) is 0 Å². The molecule has 0 radical (unpaired) electrons. The number of esters is 1. The Morgan fingerprint density at radius 2 is 1.58 bits per heavy atom. The normalized spacial score (nSPS) is 26.7. The highest BCUT2D eigenvalue weighted by atomic mass is 16.5. The van der Waals surface area contributed by atoms with Gasteiger partial charge >= 0.3 is 5.97 Å². The molecule has 0 amide bonds. The number of cyclic esters (lactones) is 1. The van der Waals surface area contributed by atoms with Crippen LogP contribution in [0, 0.1) is 10.8 Å². The van der Waals surface area contributed by atoms with Crippen LogP contribution in [0.1, 0.15) is 27.7 Å². The molecule has 0 aromatic heterocycles. The lowest BCUT2D eigenvalue weighted by molar-refractivity contribution is -0.177. The Kier molecular flexibility index (Phi) is 1.78. The van der Waals surface area contributed by atoms with Crippen molar-refractivity contribution in [3.8, 4) is 0 Å². The maximum Gasteiger partial charge on any atom is 0.312 e. The van der Waals surface area contributed by atoms with E-state index in [9.17, 15) is 9.59 Å². The Hall–Kier alpha value is -0.860. The number of Topliss-reactive ketones (excluding diaryl/α,β-unsaturated/α-hetero) is 1. The van der Waals surface area contributed by atoms with Gasteiger partial charge in [-0.3, -0.25) is 9.59 Å². The molecule has 3 heteroatoms. The first-order valence-corrected chi connectivity index (χ1v) is 4.00. The molecule has 12 heavy (non-hydrogen) atoms. The Morgan fingerprint density at radius 1 is 1.08 bits per heavy atom. The molecule has 0 aromatic rings. The molecule has 3 nitrogen and oxygen atoms in total. The molecule has 1 aliphatic rings. The fourth-order valence-corrected chi connectivity index (χ4v) is 1.10. The second-order valence-corrected chi connectivity index (χ2v) is 4.25. The van der Waals surface area contributed by atoms with Crippen molar-refractivity contribution in [3.05, 3.63) is 0 Å². The van der Waals surface area contributed by atoms with Crippen molar-refractivity contribution in [2.75, 3.05) is 6.61 Å². The van der Waals surface area contributed by atoms with Crippen molar-refractivity contribution in [2.45, 2.75) is 27.7 Å². The zero-order chi connectivity index (χ0) is 9.57. The monoisotopic (exact) mass is 170 g/mol. The van der Waals surface area contributed by atoms with E-state index in [2.05, 4.69) is 0 Å². The van der Waals surface area contributed by atoms with Gasteiger partial charge in [0, 0.05) is 5.41 Å². The molecule has 68 valence electrons. The molecule has 1 rings (SSSR count). The summed E-state index contributed by atoms with van der Waals surface area (Å²) in [5, 5.41) is 0. The average Bonchev–Trinajstić information content (AvgIpc) is 1.96. The van der Waals surface area contributed by atoms with E-state index in [-0.39, 0.29) is 18.4 Å². The molecule has 1 heterocycles. The van der Waals surface area contributed by atoms with Gasteiger partial charge in [-0.25, -0.2) is 0 Å². The molecular weight excluding hydrogens is 156 g/mol. The first-order chi connectivity index (χ1) is 5.30. The molecule has 0 aromatic carbocycles. The summed E-state index contributed by atoms with van der Waals surface area (Å²) in [4.78, 5) is 22.7. The number of carbonyl (C=O) groups is 2. The van der Waals surface area contributed by atoms with Crippen molar-refractivity contribution in [1.29, 1.82) is 0 Å². The van der Waals surface area contributed by atoms with E-state index in [1.54, 1.807) is 27.7 Å². The summed E-state index contributed by atoms with van der Waals surface area (Å²) < 4.78 is 4.75. The molecule has 0 bridgehead atoms. The van der Waals surface area contributed by atoms with E-state index in [0.29, 0.717) is 0 Å². The van der Waals surface area contributed by atoms with E-state index >= 15 is 0 Å². The molecule has 0 saturated carbocycles. The number of hydrogen-bond donors (Lipinski definition) is 0. The SMILES string of the molecule is CC1(C)C(=O)COC(=O)C1(C)C. The Balaban J connectivity index is 3.09. The van der Waals surface area contributed by atoms with Gasteiger partial charge in [0.15, 0.2) is 12.4 Å². The summed E-state index contributed by atoms with van der Waals surface area (Å²) in [5.41, 5.74) is -1.31. The summed E-state index contributed by atoms with van der Waals surface area (Å²) in [6.07, 6.45) is 0. The van der Waals surface area contributed by atoms with Gasteiger partial charge in [-0.2, -0.15) is 0 Å². The first kappa shape index (κ1) is 9.23. The molecule has 0 aliphatic carbocycles. The summed E-state index contributed by atoms with van der Waals surface area (Å²) >= 11 is 0. The minimum absolute atomic E-state index is 0.00731. The van der Waals surface area contributed by atoms with Crippen LogP contribution < -0.4 is 0 Å². The van der Waals surface area contributed by atoms with Crippen LogP contribution in [0.5, 0.6) is 0 Å². The van der Waals surface area contributed by atoms with Crippen molar-refractivity contribution in [3.63, 3.8) is 0 Å². The predicted molar refractivity (Wildman–Crippen MR) is 43.5 cm³/mol. The molecule has 0 spiro atoms.